The van der Waals surface area contributed by atoms with Crippen LogP contribution in [0.25, 0.3) is 0 Å². The normalized spacial score (nSPS) is 10.8. The smallest absolute Gasteiger partial charge is 0.259 e. The minimum Gasteiger partial charge on any atom is -0.486 e. The zero-order valence-electron chi connectivity index (χ0n) is 16.0. The molecule has 0 unspecified atom stereocenters. The molecular formula is C22H17Br2ClIN3O2. The first-order valence-corrected chi connectivity index (χ1v) is 12.1. The van der Waals surface area contributed by atoms with E-state index in [1.165, 1.54) is 0 Å². The van der Waals surface area contributed by atoms with Crippen molar-refractivity contribution in [2.24, 2.45) is 5.10 Å². The summed E-state index contributed by atoms with van der Waals surface area (Å²) in [6, 6.07) is 19.0. The molecule has 1 amide bonds. The number of anilines is 1. The first kappa shape index (κ1) is 24.0. The third kappa shape index (κ3) is 7.48. The molecule has 0 aliphatic rings. The van der Waals surface area contributed by atoms with Crippen LogP contribution in [0.4, 0.5) is 5.69 Å². The molecule has 5 nitrogen and oxygen atoms in total. The summed E-state index contributed by atoms with van der Waals surface area (Å²) in [5, 5.41) is 7.72. The molecule has 0 aliphatic heterocycles. The molecular weight excluding hydrogens is 660 g/mol. The Bertz CT molecular complexity index is 1070. The van der Waals surface area contributed by atoms with Crippen LogP contribution in [-0.4, -0.2) is 18.7 Å². The van der Waals surface area contributed by atoms with Crippen molar-refractivity contribution >= 4 is 83.9 Å². The van der Waals surface area contributed by atoms with Crippen molar-refractivity contribution < 1.29 is 9.53 Å². The maximum atomic E-state index is 12.0. The van der Waals surface area contributed by atoms with E-state index in [4.69, 9.17) is 16.3 Å². The SMILES string of the molecule is O=C(CNc1ccc(I)cc1)N/N=C\c1cc(Br)c(OCc2ccccc2Cl)c(Br)c1. The highest BCUT2D eigenvalue weighted by molar-refractivity contribution is 14.1. The van der Waals surface area contributed by atoms with E-state index < -0.39 is 0 Å². The Kier molecular flexibility index (Phi) is 9.18. The Hall–Kier alpha value is -1.62. The monoisotopic (exact) mass is 675 g/mol. The molecule has 2 N–H and O–H groups in total. The summed E-state index contributed by atoms with van der Waals surface area (Å²) in [5.74, 6) is 0.412. The number of rotatable bonds is 8. The van der Waals surface area contributed by atoms with Gasteiger partial charge in [-0.1, -0.05) is 29.8 Å². The standard InChI is InChI=1S/C22H17Br2ClIN3O2/c23-18-9-14(10-19(24)22(18)31-13-15-3-1-2-4-20(15)25)11-28-29-21(30)12-27-17-7-5-16(26)6-8-17/h1-11,27H,12-13H2,(H,29,30)/b28-11-. The quantitative estimate of drug-likeness (QED) is 0.160. The number of hydrogen-bond donors (Lipinski definition) is 2. The molecule has 0 saturated carbocycles. The van der Waals surface area contributed by atoms with Crippen molar-refractivity contribution in [2.75, 3.05) is 11.9 Å². The number of benzene rings is 3. The van der Waals surface area contributed by atoms with Crippen LogP contribution in [0.5, 0.6) is 5.75 Å². The van der Waals surface area contributed by atoms with E-state index in [9.17, 15) is 4.79 Å². The van der Waals surface area contributed by atoms with E-state index in [1.54, 1.807) is 6.21 Å². The molecule has 0 fully saturated rings. The summed E-state index contributed by atoms with van der Waals surface area (Å²) in [4.78, 5) is 12.0. The predicted molar refractivity (Wildman–Crippen MR) is 141 cm³/mol. The minimum atomic E-state index is -0.243. The summed E-state index contributed by atoms with van der Waals surface area (Å²) in [7, 11) is 0. The van der Waals surface area contributed by atoms with E-state index in [-0.39, 0.29) is 12.5 Å². The fourth-order valence-corrected chi connectivity index (χ4v) is 4.53. The second-order valence-corrected chi connectivity index (χ2v) is 9.71. The summed E-state index contributed by atoms with van der Waals surface area (Å²) in [6.45, 7) is 0.466. The minimum absolute atomic E-state index is 0.125. The number of hydrazone groups is 1. The first-order valence-electron chi connectivity index (χ1n) is 9.09. The second-order valence-electron chi connectivity index (χ2n) is 6.35. The average Bonchev–Trinajstić information content (AvgIpc) is 2.74. The number of carbonyl (C=O) groups excluding carboxylic acids is 1. The Morgan fingerprint density at radius 1 is 1.10 bits per heavy atom. The molecule has 0 heterocycles. The Balaban J connectivity index is 1.54. The molecule has 0 aliphatic carbocycles. The zero-order chi connectivity index (χ0) is 22.2. The van der Waals surface area contributed by atoms with Crippen molar-refractivity contribution in [2.45, 2.75) is 6.61 Å². The Labute approximate surface area is 216 Å². The van der Waals surface area contributed by atoms with Crippen LogP contribution in [0.3, 0.4) is 0 Å². The van der Waals surface area contributed by atoms with E-state index in [0.717, 1.165) is 29.3 Å². The molecule has 3 rings (SSSR count). The predicted octanol–water partition coefficient (Wildman–Crippen LogP) is 6.61. The van der Waals surface area contributed by atoms with Crippen LogP contribution in [0.15, 0.2) is 74.7 Å². The zero-order valence-corrected chi connectivity index (χ0v) is 22.1. The fraction of sp³-hybridized carbons (Fsp3) is 0.0909. The van der Waals surface area contributed by atoms with Crippen molar-refractivity contribution in [1.82, 2.24) is 5.43 Å². The van der Waals surface area contributed by atoms with Crippen LogP contribution < -0.4 is 15.5 Å². The number of nitrogens with one attached hydrogen (secondary N) is 2. The van der Waals surface area contributed by atoms with Crippen LogP contribution in [0.1, 0.15) is 11.1 Å². The second kappa shape index (κ2) is 11.8. The van der Waals surface area contributed by atoms with Gasteiger partial charge in [0.25, 0.3) is 5.91 Å². The van der Waals surface area contributed by atoms with Crippen molar-refractivity contribution in [3.63, 3.8) is 0 Å². The summed E-state index contributed by atoms with van der Waals surface area (Å²) < 4.78 is 8.55. The number of nitrogens with zero attached hydrogens (tertiary/aromatic N) is 1. The van der Waals surface area contributed by atoms with Gasteiger partial charge in [-0.15, -0.1) is 0 Å². The van der Waals surface area contributed by atoms with E-state index in [1.807, 2.05) is 60.7 Å². The summed E-state index contributed by atoms with van der Waals surface area (Å²) in [5.41, 5.74) is 5.07. The number of halogens is 4. The topological polar surface area (TPSA) is 62.7 Å². The largest absolute Gasteiger partial charge is 0.486 e. The highest BCUT2D eigenvalue weighted by Crippen LogP contribution is 2.35. The van der Waals surface area contributed by atoms with Crippen LogP contribution >= 0.6 is 66.1 Å². The highest BCUT2D eigenvalue weighted by atomic mass is 127. The van der Waals surface area contributed by atoms with Crippen molar-refractivity contribution in [3.8, 4) is 5.75 Å². The van der Waals surface area contributed by atoms with Gasteiger partial charge in [-0.2, -0.15) is 5.10 Å². The van der Waals surface area contributed by atoms with E-state index >= 15 is 0 Å². The van der Waals surface area contributed by atoms with Crippen LogP contribution in [0, 0.1) is 3.57 Å². The Morgan fingerprint density at radius 3 is 2.45 bits per heavy atom. The summed E-state index contributed by atoms with van der Waals surface area (Å²) >= 11 is 15.5. The molecule has 3 aromatic carbocycles. The van der Waals surface area contributed by atoms with Gasteiger partial charge in [-0.3, -0.25) is 4.79 Å². The van der Waals surface area contributed by atoms with Gasteiger partial charge in [-0.25, -0.2) is 5.43 Å². The number of carbonyl (C=O) groups is 1. The molecule has 9 heteroatoms. The third-order valence-electron chi connectivity index (χ3n) is 4.05. The van der Waals surface area contributed by atoms with Gasteiger partial charge in [0.2, 0.25) is 0 Å². The van der Waals surface area contributed by atoms with Crippen molar-refractivity contribution in [1.29, 1.82) is 0 Å². The first-order chi connectivity index (χ1) is 14.9. The van der Waals surface area contributed by atoms with Crippen LogP contribution in [0.2, 0.25) is 5.02 Å². The lowest BCUT2D eigenvalue weighted by Crippen LogP contribution is -2.25. The maximum absolute atomic E-state index is 12.0. The van der Waals surface area contributed by atoms with E-state index in [2.05, 4.69) is 70.3 Å². The third-order valence-corrected chi connectivity index (χ3v) is 6.32. The molecule has 0 aromatic heterocycles. The lowest BCUT2D eigenvalue weighted by atomic mass is 10.2. The number of hydrogen-bond acceptors (Lipinski definition) is 4. The number of amides is 1. The molecule has 0 saturated heterocycles. The highest BCUT2D eigenvalue weighted by Gasteiger charge is 2.10. The van der Waals surface area contributed by atoms with Crippen molar-refractivity contribution in [3.05, 3.63) is 89.3 Å². The molecule has 3 aromatic rings. The van der Waals surface area contributed by atoms with E-state index in [0.29, 0.717) is 17.4 Å². The van der Waals surface area contributed by atoms with Gasteiger partial charge in [-0.05, 0) is 102 Å². The average molecular weight is 678 g/mol. The maximum Gasteiger partial charge on any atom is 0.259 e. The van der Waals surface area contributed by atoms with Gasteiger partial charge in [0.1, 0.15) is 12.4 Å². The van der Waals surface area contributed by atoms with Gasteiger partial charge < -0.3 is 10.1 Å². The summed E-state index contributed by atoms with van der Waals surface area (Å²) in [6.07, 6.45) is 1.57. The molecule has 0 atom stereocenters. The lowest BCUT2D eigenvalue weighted by molar-refractivity contribution is -0.119. The lowest BCUT2D eigenvalue weighted by Gasteiger charge is -2.12. The number of ether oxygens (including phenoxy) is 1. The fourth-order valence-electron chi connectivity index (χ4n) is 2.53. The van der Waals surface area contributed by atoms with Gasteiger partial charge in [0.15, 0.2) is 0 Å². The van der Waals surface area contributed by atoms with Gasteiger partial charge in [0.05, 0.1) is 21.7 Å². The molecule has 160 valence electrons. The van der Waals surface area contributed by atoms with Gasteiger partial charge in [0, 0.05) is 19.8 Å². The van der Waals surface area contributed by atoms with Crippen LogP contribution in [-0.2, 0) is 11.4 Å². The Morgan fingerprint density at radius 2 is 1.77 bits per heavy atom. The molecule has 31 heavy (non-hydrogen) atoms. The van der Waals surface area contributed by atoms with Gasteiger partial charge >= 0.3 is 0 Å². The molecule has 0 spiro atoms. The molecule has 0 radical (unpaired) electrons. The molecule has 0 bridgehead atoms.